The van der Waals surface area contributed by atoms with Crippen molar-refractivity contribution in [3.63, 3.8) is 0 Å². The summed E-state index contributed by atoms with van der Waals surface area (Å²) in [5, 5.41) is 21.8. The molecule has 2 rings (SSSR count). The summed E-state index contributed by atoms with van der Waals surface area (Å²) >= 11 is 0. The quantitative estimate of drug-likeness (QED) is 0.254. The third kappa shape index (κ3) is 6.01. The third-order valence-electron chi connectivity index (χ3n) is 3.94. The number of nitro benzene ring substituents is 2. The molecule has 0 bridgehead atoms. The van der Waals surface area contributed by atoms with Crippen LogP contribution in [-0.4, -0.2) is 23.1 Å². The van der Waals surface area contributed by atoms with Crippen molar-refractivity contribution in [2.45, 2.75) is 25.7 Å². The smallest absolute Gasteiger partial charge is 0.317 e. The van der Waals surface area contributed by atoms with Crippen LogP contribution in [0.5, 0.6) is 11.5 Å². The number of nitro groups is 2. The number of anilines is 2. The van der Waals surface area contributed by atoms with Crippen molar-refractivity contribution in [3.05, 3.63) is 56.6 Å². The lowest BCUT2D eigenvalue weighted by atomic mass is 10.2. The Kier molecular flexibility index (Phi) is 7.37. The predicted octanol–water partition coefficient (Wildman–Crippen LogP) is 3.69. The second-order valence-electron chi connectivity index (χ2n) is 6.07. The van der Waals surface area contributed by atoms with Crippen LogP contribution in [0, 0.1) is 20.2 Å². The zero-order valence-electron chi connectivity index (χ0n) is 15.2. The van der Waals surface area contributed by atoms with Crippen LogP contribution in [0.2, 0.25) is 0 Å². The van der Waals surface area contributed by atoms with Gasteiger partial charge in [0.1, 0.15) is 5.75 Å². The van der Waals surface area contributed by atoms with Crippen molar-refractivity contribution in [2.24, 2.45) is 0 Å². The molecule has 0 fully saturated rings. The minimum atomic E-state index is -0.692. The summed E-state index contributed by atoms with van der Waals surface area (Å²) in [6, 6.07) is 8.43. The molecule has 0 amide bonds. The van der Waals surface area contributed by atoms with E-state index in [1.54, 1.807) is 18.2 Å². The van der Waals surface area contributed by atoms with Crippen molar-refractivity contribution in [2.75, 3.05) is 24.7 Å². The molecule has 0 spiro atoms. The molecule has 150 valence electrons. The number of rotatable bonds is 11. The Bertz CT molecular complexity index is 843. The van der Waals surface area contributed by atoms with Crippen LogP contribution in [0.4, 0.5) is 22.7 Å². The van der Waals surface area contributed by atoms with E-state index in [1.807, 2.05) is 0 Å². The van der Waals surface area contributed by atoms with Crippen LogP contribution in [0.25, 0.3) is 0 Å². The fraction of sp³-hybridized carbons (Fsp3) is 0.333. The Morgan fingerprint density at radius 2 is 1.39 bits per heavy atom. The zero-order valence-corrected chi connectivity index (χ0v) is 15.2. The number of nitrogens with zero attached hydrogens (tertiary/aromatic N) is 2. The molecule has 0 aliphatic rings. The van der Waals surface area contributed by atoms with Gasteiger partial charge >= 0.3 is 5.69 Å². The largest absolute Gasteiger partial charge is 0.491 e. The highest BCUT2D eigenvalue weighted by Crippen LogP contribution is 2.31. The van der Waals surface area contributed by atoms with E-state index in [-0.39, 0.29) is 18.0 Å². The molecule has 2 aromatic carbocycles. The van der Waals surface area contributed by atoms with Crippen LogP contribution in [-0.2, 0) is 0 Å². The normalized spacial score (nSPS) is 10.4. The Hall–Kier alpha value is -3.56. The number of hydrogen-bond acceptors (Lipinski definition) is 8. The van der Waals surface area contributed by atoms with E-state index in [0.29, 0.717) is 30.2 Å². The van der Waals surface area contributed by atoms with Gasteiger partial charge in [0.15, 0.2) is 5.75 Å². The summed E-state index contributed by atoms with van der Waals surface area (Å²) in [5.41, 5.74) is 11.8. The van der Waals surface area contributed by atoms with Gasteiger partial charge in [0.05, 0.1) is 34.8 Å². The molecule has 0 aliphatic carbocycles. The minimum Gasteiger partial charge on any atom is -0.491 e. The van der Waals surface area contributed by atoms with E-state index in [1.165, 1.54) is 12.1 Å². The molecule has 0 saturated carbocycles. The van der Waals surface area contributed by atoms with Gasteiger partial charge in [-0.3, -0.25) is 20.2 Å². The van der Waals surface area contributed by atoms with E-state index in [0.717, 1.165) is 25.3 Å². The fourth-order valence-electron chi connectivity index (χ4n) is 2.50. The van der Waals surface area contributed by atoms with Crippen LogP contribution in [0.15, 0.2) is 36.4 Å². The number of ether oxygens (including phenoxy) is 2. The number of benzene rings is 2. The van der Waals surface area contributed by atoms with Crippen LogP contribution >= 0.6 is 0 Å². The van der Waals surface area contributed by atoms with Gasteiger partial charge in [-0.15, -0.1) is 0 Å². The highest BCUT2D eigenvalue weighted by molar-refractivity contribution is 5.60. The lowest BCUT2D eigenvalue weighted by Gasteiger charge is -2.09. The molecule has 0 radical (unpaired) electrons. The van der Waals surface area contributed by atoms with Gasteiger partial charge in [-0.1, -0.05) is 0 Å². The Labute approximate surface area is 161 Å². The van der Waals surface area contributed by atoms with Gasteiger partial charge in [-0.05, 0) is 49.9 Å². The summed E-state index contributed by atoms with van der Waals surface area (Å²) in [4.78, 5) is 20.4. The summed E-state index contributed by atoms with van der Waals surface area (Å²) in [6.07, 6.45) is 3.25. The molecule has 0 heterocycles. The molecular formula is C18H22N4O6. The Morgan fingerprint density at radius 1 is 0.786 bits per heavy atom. The fourth-order valence-corrected chi connectivity index (χ4v) is 2.50. The summed E-state index contributed by atoms with van der Waals surface area (Å²) in [5.74, 6) is 0.626. The first kappa shape index (κ1) is 20.7. The zero-order chi connectivity index (χ0) is 20.5. The second kappa shape index (κ2) is 9.95. The van der Waals surface area contributed by atoms with E-state index >= 15 is 0 Å². The summed E-state index contributed by atoms with van der Waals surface area (Å²) < 4.78 is 11.0. The molecule has 28 heavy (non-hydrogen) atoms. The first-order chi connectivity index (χ1) is 13.4. The Morgan fingerprint density at radius 3 is 1.96 bits per heavy atom. The van der Waals surface area contributed by atoms with E-state index in [4.69, 9.17) is 20.9 Å². The van der Waals surface area contributed by atoms with Crippen LogP contribution in [0.1, 0.15) is 25.7 Å². The third-order valence-corrected chi connectivity index (χ3v) is 3.94. The van der Waals surface area contributed by atoms with Crippen molar-refractivity contribution in [1.82, 2.24) is 0 Å². The molecule has 0 aliphatic heterocycles. The monoisotopic (exact) mass is 390 g/mol. The van der Waals surface area contributed by atoms with E-state index < -0.39 is 15.5 Å². The van der Waals surface area contributed by atoms with Gasteiger partial charge in [0.25, 0.3) is 5.69 Å². The highest BCUT2D eigenvalue weighted by Gasteiger charge is 2.20. The maximum atomic E-state index is 11.0. The average Bonchev–Trinajstić information content (AvgIpc) is 2.65. The molecule has 2 aromatic rings. The van der Waals surface area contributed by atoms with Gasteiger partial charge < -0.3 is 20.9 Å². The molecular weight excluding hydrogens is 368 g/mol. The molecule has 10 heteroatoms. The average molecular weight is 390 g/mol. The number of nitrogens with two attached hydrogens (primary N) is 2. The number of nitrogen functional groups attached to an aromatic ring is 2. The van der Waals surface area contributed by atoms with Crippen molar-refractivity contribution in [1.29, 1.82) is 0 Å². The maximum Gasteiger partial charge on any atom is 0.317 e. The molecule has 4 N–H and O–H groups in total. The van der Waals surface area contributed by atoms with Gasteiger partial charge in [0.2, 0.25) is 0 Å². The molecule has 0 unspecified atom stereocenters. The second-order valence-corrected chi connectivity index (χ2v) is 6.07. The lowest BCUT2D eigenvalue weighted by molar-refractivity contribution is -0.394. The van der Waals surface area contributed by atoms with Crippen molar-refractivity contribution < 1.29 is 19.3 Å². The van der Waals surface area contributed by atoms with Crippen molar-refractivity contribution in [3.8, 4) is 11.5 Å². The Balaban J connectivity index is 1.68. The van der Waals surface area contributed by atoms with E-state index in [2.05, 4.69) is 0 Å². The predicted molar refractivity (Wildman–Crippen MR) is 104 cm³/mol. The number of unbranched alkanes of at least 4 members (excludes halogenated alkanes) is 3. The lowest BCUT2D eigenvalue weighted by Crippen LogP contribution is -2.03. The molecule has 0 atom stereocenters. The van der Waals surface area contributed by atoms with Crippen molar-refractivity contribution >= 4 is 22.7 Å². The first-order valence-corrected chi connectivity index (χ1v) is 8.72. The number of non-ortho nitro benzene ring substituents is 1. The first-order valence-electron chi connectivity index (χ1n) is 8.72. The van der Waals surface area contributed by atoms with Crippen LogP contribution < -0.4 is 20.9 Å². The minimum absolute atomic E-state index is 0.0257. The molecule has 0 saturated heterocycles. The standard InChI is InChI=1S/C18H22N4O6/c19-13-5-7-17(15(20)11-13)27-9-3-1-2-4-10-28-18-8-6-14(21(23)24)12-16(18)22(25)26/h5-8,11-12H,1-4,9-10,19-20H2. The molecule has 0 aromatic heterocycles. The molecule has 10 nitrogen and oxygen atoms in total. The van der Waals surface area contributed by atoms with Crippen LogP contribution in [0.3, 0.4) is 0 Å². The van der Waals surface area contributed by atoms with E-state index in [9.17, 15) is 20.2 Å². The van der Waals surface area contributed by atoms with Gasteiger partial charge in [-0.2, -0.15) is 0 Å². The summed E-state index contributed by atoms with van der Waals surface area (Å²) in [7, 11) is 0. The topological polar surface area (TPSA) is 157 Å². The highest BCUT2D eigenvalue weighted by atomic mass is 16.6. The van der Waals surface area contributed by atoms with Gasteiger partial charge in [0, 0.05) is 11.8 Å². The number of hydrogen-bond donors (Lipinski definition) is 2. The maximum absolute atomic E-state index is 11.0. The van der Waals surface area contributed by atoms with Gasteiger partial charge in [-0.25, -0.2) is 0 Å². The summed E-state index contributed by atoms with van der Waals surface area (Å²) in [6.45, 7) is 0.799. The SMILES string of the molecule is Nc1ccc(OCCCCCCOc2ccc([N+](=O)[O-])cc2[N+](=O)[O-])c(N)c1.